The van der Waals surface area contributed by atoms with Crippen LogP contribution in [0.1, 0.15) is 32.8 Å². The quantitative estimate of drug-likeness (QED) is 0.751. The smallest absolute Gasteiger partial charge is 0.0536 e. The Morgan fingerprint density at radius 1 is 1.33 bits per heavy atom. The number of hydrogen-bond donors (Lipinski definition) is 1. The largest absolute Gasteiger partial charge is 0.312 e. The molecular weight excluding hydrogens is 224 g/mol. The van der Waals surface area contributed by atoms with Crippen LogP contribution >= 0.6 is 0 Å². The number of likely N-dealkylation sites (N-methyl/N-ethyl adjacent to an activating group) is 1. The van der Waals surface area contributed by atoms with Crippen LogP contribution in [0.3, 0.4) is 0 Å². The molecule has 0 spiro atoms. The minimum Gasteiger partial charge on any atom is -0.312 e. The Morgan fingerprint density at radius 2 is 2.06 bits per heavy atom. The Kier molecular flexibility index (Phi) is 5.82. The molecule has 18 heavy (non-hydrogen) atoms. The molecule has 0 aromatic carbocycles. The molecule has 104 valence electrons. The highest BCUT2D eigenvalue weighted by molar-refractivity contribution is 5.03. The predicted octanol–water partition coefficient (Wildman–Crippen LogP) is 1.77. The molecule has 0 saturated carbocycles. The van der Waals surface area contributed by atoms with E-state index in [1.807, 2.05) is 10.9 Å². The number of nitrogens with one attached hydrogen (secondary N) is 1. The molecule has 0 aliphatic carbocycles. The molecule has 1 rings (SSSR count). The number of rotatable bonds is 7. The van der Waals surface area contributed by atoms with E-state index in [1.54, 1.807) is 0 Å². The molecule has 0 saturated heterocycles. The summed E-state index contributed by atoms with van der Waals surface area (Å²) < 4.78 is 2.03. The van der Waals surface area contributed by atoms with E-state index in [0.29, 0.717) is 0 Å². The fourth-order valence-electron chi connectivity index (χ4n) is 1.72. The van der Waals surface area contributed by atoms with Gasteiger partial charge in [0.15, 0.2) is 0 Å². The number of aryl methyl sites for hydroxylation is 1. The minimum absolute atomic E-state index is 0.218. The van der Waals surface area contributed by atoms with Crippen LogP contribution in [0.5, 0.6) is 0 Å². The van der Waals surface area contributed by atoms with E-state index in [4.69, 9.17) is 0 Å². The molecule has 1 aromatic heterocycles. The van der Waals surface area contributed by atoms with Crippen molar-refractivity contribution >= 4 is 0 Å². The van der Waals surface area contributed by atoms with E-state index >= 15 is 0 Å². The lowest BCUT2D eigenvalue weighted by Crippen LogP contribution is -2.36. The first kappa shape index (κ1) is 15.2. The maximum absolute atomic E-state index is 4.39. The molecule has 1 N–H and O–H groups in total. The molecule has 0 unspecified atom stereocenters. The van der Waals surface area contributed by atoms with Crippen LogP contribution in [0.2, 0.25) is 0 Å². The van der Waals surface area contributed by atoms with Gasteiger partial charge < -0.3 is 10.2 Å². The molecular formula is C14H28N4. The first-order valence-corrected chi connectivity index (χ1v) is 6.78. The summed E-state index contributed by atoms with van der Waals surface area (Å²) >= 11 is 0. The van der Waals surface area contributed by atoms with Crippen molar-refractivity contribution in [2.24, 2.45) is 0 Å². The SMILES string of the molecule is CN(C)CCn1cc(CCCNC(C)(C)C)cn1. The van der Waals surface area contributed by atoms with E-state index in [9.17, 15) is 0 Å². The zero-order valence-electron chi connectivity index (χ0n) is 12.5. The van der Waals surface area contributed by atoms with Crippen molar-refractivity contribution in [3.8, 4) is 0 Å². The highest BCUT2D eigenvalue weighted by atomic mass is 15.3. The Balaban J connectivity index is 2.23. The van der Waals surface area contributed by atoms with Crippen molar-refractivity contribution < 1.29 is 0 Å². The molecule has 0 fully saturated rings. The predicted molar refractivity (Wildman–Crippen MR) is 76.9 cm³/mol. The summed E-state index contributed by atoms with van der Waals surface area (Å²) in [5.74, 6) is 0. The molecule has 0 atom stereocenters. The topological polar surface area (TPSA) is 33.1 Å². The third-order valence-corrected chi connectivity index (χ3v) is 2.76. The highest BCUT2D eigenvalue weighted by Crippen LogP contribution is 2.03. The third kappa shape index (κ3) is 6.77. The Labute approximate surface area is 111 Å². The second-order valence-electron chi connectivity index (χ2n) is 6.20. The van der Waals surface area contributed by atoms with Crippen LogP contribution in [-0.2, 0) is 13.0 Å². The average molecular weight is 252 g/mol. The molecule has 1 heterocycles. The fraction of sp³-hybridized carbons (Fsp3) is 0.786. The zero-order chi connectivity index (χ0) is 13.6. The average Bonchev–Trinajstić information content (AvgIpc) is 2.68. The number of hydrogen-bond acceptors (Lipinski definition) is 3. The van der Waals surface area contributed by atoms with Gasteiger partial charge in [0.25, 0.3) is 0 Å². The van der Waals surface area contributed by atoms with Crippen molar-refractivity contribution in [3.05, 3.63) is 18.0 Å². The lowest BCUT2D eigenvalue weighted by Gasteiger charge is -2.20. The normalized spacial score (nSPS) is 12.3. The van der Waals surface area contributed by atoms with Gasteiger partial charge in [-0.05, 0) is 59.8 Å². The monoisotopic (exact) mass is 252 g/mol. The Bertz CT molecular complexity index is 336. The van der Waals surface area contributed by atoms with Crippen LogP contribution in [0.25, 0.3) is 0 Å². The lowest BCUT2D eigenvalue weighted by atomic mass is 10.1. The van der Waals surface area contributed by atoms with Crippen LogP contribution in [-0.4, -0.2) is 47.4 Å². The van der Waals surface area contributed by atoms with Gasteiger partial charge in [-0.1, -0.05) is 0 Å². The van der Waals surface area contributed by atoms with Crippen molar-refractivity contribution in [1.82, 2.24) is 20.0 Å². The minimum atomic E-state index is 0.218. The van der Waals surface area contributed by atoms with Gasteiger partial charge in [-0.3, -0.25) is 4.68 Å². The van der Waals surface area contributed by atoms with Crippen LogP contribution in [0, 0.1) is 0 Å². The van der Waals surface area contributed by atoms with E-state index in [2.05, 4.69) is 56.4 Å². The fourth-order valence-corrected chi connectivity index (χ4v) is 1.72. The number of aromatic nitrogens is 2. The summed E-state index contributed by atoms with van der Waals surface area (Å²) in [5, 5.41) is 7.89. The summed E-state index contributed by atoms with van der Waals surface area (Å²) in [4.78, 5) is 2.18. The van der Waals surface area contributed by atoms with E-state index < -0.39 is 0 Å². The van der Waals surface area contributed by atoms with Gasteiger partial charge in [0.1, 0.15) is 0 Å². The van der Waals surface area contributed by atoms with Crippen molar-refractivity contribution in [2.75, 3.05) is 27.2 Å². The van der Waals surface area contributed by atoms with Gasteiger partial charge in [0.2, 0.25) is 0 Å². The zero-order valence-corrected chi connectivity index (χ0v) is 12.5. The van der Waals surface area contributed by atoms with E-state index in [-0.39, 0.29) is 5.54 Å². The van der Waals surface area contributed by atoms with E-state index in [0.717, 1.165) is 32.5 Å². The molecule has 1 aromatic rings. The summed E-state index contributed by atoms with van der Waals surface area (Å²) in [6.45, 7) is 9.66. The third-order valence-electron chi connectivity index (χ3n) is 2.76. The molecule has 4 nitrogen and oxygen atoms in total. The van der Waals surface area contributed by atoms with Crippen molar-refractivity contribution in [3.63, 3.8) is 0 Å². The molecule has 0 radical (unpaired) electrons. The van der Waals surface area contributed by atoms with Gasteiger partial charge in [-0.15, -0.1) is 0 Å². The van der Waals surface area contributed by atoms with Crippen LogP contribution in [0.15, 0.2) is 12.4 Å². The summed E-state index contributed by atoms with van der Waals surface area (Å²) in [5.41, 5.74) is 1.56. The highest BCUT2D eigenvalue weighted by Gasteiger charge is 2.07. The van der Waals surface area contributed by atoms with Crippen LogP contribution in [0.4, 0.5) is 0 Å². The van der Waals surface area contributed by atoms with Gasteiger partial charge in [-0.25, -0.2) is 0 Å². The molecule has 4 heteroatoms. The lowest BCUT2D eigenvalue weighted by molar-refractivity contribution is 0.373. The maximum atomic E-state index is 4.39. The maximum Gasteiger partial charge on any atom is 0.0536 e. The Morgan fingerprint density at radius 3 is 2.67 bits per heavy atom. The second kappa shape index (κ2) is 6.90. The molecule has 0 amide bonds. The van der Waals surface area contributed by atoms with Crippen molar-refractivity contribution in [1.29, 1.82) is 0 Å². The van der Waals surface area contributed by atoms with E-state index in [1.165, 1.54) is 5.56 Å². The summed E-state index contributed by atoms with van der Waals surface area (Å²) in [6, 6.07) is 0. The first-order valence-electron chi connectivity index (χ1n) is 6.78. The molecule has 0 bridgehead atoms. The number of nitrogens with zero attached hydrogens (tertiary/aromatic N) is 3. The summed E-state index contributed by atoms with van der Waals surface area (Å²) in [6.07, 6.45) is 6.43. The second-order valence-corrected chi connectivity index (χ2v) is 6.20. The standard InChI is InChI=1S/C14H28N4/c1-14(2,3)15-8-6-7-13-11-16-18(12-13)10-9-17(4)5/h11-12,15H,6-10H2,1-5H3. The van der Waals surface area contributed by atoms with Gasteiger partial charge in [0, 0.05) is 18.3 Å². The van der Waals surface area contributed by atoms with Gasteiger partial charge >= 0.3 is 0 Å². The van der Waals surface area contributed by atoms with Gasteiger partial charge in [0.05, 0.1) is 12.7 Å². The first-order chi connectivity index (χ1) is 8.37. The molecule has 0 aliphatic heterocycles. The summed E-state index contributed by atoms with van der Waals surface area (Å²) in [7, 11) is 4.17. The molecule has 0 aliphatic rings. The van der Waals surface area contributed by atoms with Gasteiger partial charge in [-0.2, -0.15) is 5.10 Å². The Hall–Kier alpha value is -0.870. The van der Waals surface area contributed by atoms with Crippen molar-refractivity contribution in [2.45, 2.75) is 45.7 Å². The van der Waals surface area contributed by atoms with Crippen LogP contribution < -0.4 is 5.32 Å².